The lowest BCUT2D eigenvalue weighted by Gasteiger charge is -2.30. The first-order valence-corrected chi connectivity index (χ1v) is 11.8. The van der Waals surface area contributed by atoms with Crippen molar-refractivity contribution in [2.24, 2.45) is 0 Å². The molecule has 2 aromatic carbocycles. The number of amides is 1. The zero-order valence-electron chi connectivity index (χ0n) is 18.9. The highest BCUT2D eigenvalue weighted by atomic mass is 32.2. The largest absolute Gasteiger partial charge is 0.449 e. The maximum atomic E-state index is 13.8. The van der Waals surface area contributed by atoms with Gasteiger partial charge in [0.25, 0.3) is 5.91 Å². The van der Waals surface area contributed by atoms with Gasteiger partial charge in [0.05, 0.1) is 35.0 Å². The van der Waals surface area contributed by atoms with Crippen molar-refractivity contribution in [1.29, 1.82) is 0 Å². The van der Waals surface area contributed by atoms with Gasteiger partial charge in [0.2, 0.25) is 10.0 Å². The molecule has 0 saturated carbocycles. The average molecular weight is 498 g/mol. The molecule has 0 aromatic heterocycles. The number of sulfonamides is 1. The van der Waals surface area contributed by atoms with Gasteiger partial charge in [-0.15, -0.1) is 0 Å². The minimum absolute atomic E-state index is 0.0440. The predicted molar refractivity (Wildman–Crippen MR) is 120 cm³/mol. The summed E-state index contributed by atoms with van der Waals surface area (Å²) >= 11 is 0. The Morgan fingerprint density at radius 3 is 2.41 bits per heavy atom. The topological polar surface area (TPSA) is 105 Å². The summed E-state index contributed by atoms with van der Waals surface area (Å²) in [6.07, 6.45) is -1.36. The third kappa shape index (κ3) is 5.69. The maximum absolute atomic E-state index is 13.8. The summed E-state index contributed by atoms with van der Waals surface area (Å²) in [5.41, 5.74) is 0.114. The van der Waals surface area contributed by atoms with E-state index >= 15 is 0 Å². The van der Waals surface area contributed by atoms with Crippen LogP contribution in [-0.2, 0) is 24.3 Å². The highest BCUT2D eigenvalue weighted by Gasteiger charge is 2.27. The third-order valence-electron chi connectivity index (χ3n) is 5.16. The highest BCUT2D eigenvalue weighted by molar-refractivity contribution is 7.89. The van der Waals surface area contributed by atoms with Crippen LogP contribution in [0.4, 0.5) is 20.2 Å². The molecule has 1 N–H and O–H groups in total. The predicted octanol–water partition coefficient (Wildman–Crippen LogP) is 2.24. The number of rotatable bonds is 7. The zero-order chi connectivity index (χ0) is 25.0. The van der Waals surface area contributed by atoms with Gasteiger partial charge in [-0.1, -0.05) is 0 Å². The van der Waals surface area contributed by atoms with Crippen molar-refractivity contribution >= 4 is 33.3 Å². The van der Waals surface area contributed by atoms with Gasteiger partial charge in [-0.25, -0.2) is 26.3 Å². The summed E-state index contributed by atoms with van der Waals surface area (Å²) < 4.78 is 63.7. The van der Waals surface area contributed by atoms with E-state index in [0.717, 1.165) is 16.4 Å². The second kappa shape index (κ2) is 10.5. The molecular weight excluding hydrogens is 472 g/mol. The van der Waals surface area contributed by atoms with Crippen LogP contribution in [0.1, 0.15) is 17.3 Å². The molecule has 1 saturated heterocycles. The lowest BCUT2D eigenvalue weighted by molar-refractivity contribution is -0.123. The van der Waals surface area contributed by atoms with Crippen molar-refractivity contribution in [2.75, 3.05) is 50.6 Å². The number of hydrogen-bond acceptors (Lipinski definition) is 7. The van der Waals surface area contributed by atoms with Crippen LogP contribution >= 0.6 is 0 Å². The number of morpholine rings is 1. The first-order valence-electron chi connectivity index (χ1n) is 10.4. The second-order valence-corrected chi connectivity index (χ2v) is 9.88. The first kappa shape index (κ1) is 25.5. The van der Waals surface area contributed by atoms with Crippen molar-refractivity contribution in [1.82, 2.24) is 4.31 Å². The van der Waals surface area contributed by atoms with Gasteiger partial charge in [0, 0.05) is 33.3 Å². The summed E-state index contributed by atoms with van der Waals surface area (Å²) in [5, 5.41) is 2.24. The van der Waals surface area contributed by atoms with Crippen LogP contribution in [0.2, 0.25) is 0 Å². The molecule has 0 radical (unpaired) electrons. The molecule has 1 amide bonds. The molecular formula is C22H25F2N3O6S. The van der Waals surface area contributed by atoms with Crippen molar-refractivity contribution in [3.63, 3.8) is 0 Å². The van der Waals surface area contributed by atoms with E-state index in [2.05, 4.69) is 5.32 Å². The number of benzene rings is 2. The van der Waals surface area contributed by atoms with E-state index in [9.17, 15) is 26.8 Å². The Hall–Kier alpha value is -3.09. The van der Waals surface area contributed by atoms with Gasteiger partial charge in [-0.05, 0) is 37.3 Å². The minimum atomic E-state index is -3.84. The Morgan fingerprint density at radius 1 is 1.12 bits per heavy atom. The molecule has 2 aromatic rings. The molecule has 0 bridgehead atoms. The van der Waals surface area contributed by atoms with Gasteiger partial charge >= 0.3 is 5.97 Å². The normalized spacial score (nSPS) is 15.2. The molecule has 1 aliphatic rings. The van der Waals surface area contributed by atoms with Gasteiger partial charge in [0.1, 0.15) is 11.6 Å². The number of hydrogen-bond donors (Lipinski definition) is 1. The van der Waals surface area contributed by atoms with Crippen LogP contribution in [0.15, 0.2) is 41.3 Å². The van der Waals surface area contributed by atoms with Gasteiger partial charge in [-0.3, -0.25) is 4.79 Å². The SMILES string of the molecule is CC(OC(=O)c1cc(S(=O)(=O)N(C)C)ccc1N1CCOCC1)C(=O)Nc1ccc(F)cc1F. The lowest BCUT2D eigenvalue weighted by atomic mass is 10.1. The number of nitrogens with zero attached hydrogens (tertiary/aromatic N) is 2. The second-order valence-electron chi connectivity index (χ2n) is 7.73. The van der Waals surface area contributed by atoms with Crippen LogP contribution in [0.3, 0.4) is 0 Å². The number of carbonyl (C=O) groups excluding carboxylic acids is 2. The van der Waals surface area contributed by atoms with Crippen LogP contribution in [-0.4, -0.2) is 71.1 Å². The highest BCUT2D eigenvalue weighted by Crippen LogP contribution is 2.27. The molecule has 184 valence electrons. The maximum Gasteiger partial charge on any atom is 0.341 e. The van der Waals surface area contributed by atoms with E-state index in [-0.39, 0.29) is 16.1 Å². The number of nitrogens with one attached hydrogen (secondary N) is 1. The quantitative estimate of drug-likeness (QED) is 0.585. The number of halogens is 2. The standard InChI is InChI=1S/C22H25F2N3O6S/c1-14(21(28)25-19-6-4-15(23)12-18(19)24)33-22(29)17-13-16(34(30,31)26(2)3)5-7-20(17)27-8-10-32-11-9-27/h4-7,12-14H,8-11H2,1-3H3,(H,25,28). The Kier molecular flexibility index (Phi) is 7.85. The third-order valence-corrected chi connectivity index (χ3v) is 6.97. The van der Waals surface area contributed by atoms with Crippen LogP contribution in [0.5, 0.6) is 0 Å². The Morgan fingerprint density at radius 2 is 1.79 bits per heavy atom. The molecule has 9 nitrogen and oxygen atoms in total. The van der Waals surface area contributed by atoms with E-state index in [1.165, 1.54) is 39.2 Å². The zero-order valence-corrected chi connectivity index (χ0v) is 19.7. The van der Waals surface area contributed by atoms with Gasteiger partial charge < -0.3 is 19.7 Å². The fraction of sp³-hybridized carbons (Fsp3) is 0.364. The van der Waals surface area contributed by atoms with Crippen LogP contribution < -0.4 is 10.2 Å². The summed E-state index contributed by atoms with van der Waals surface area (Å²) in [7, 11) is -1.11. The average Bonchev–Trinajstić information content (AvgIpc) is 2.80. The summed E-state index contributed by atoms with van der Waals surface area (Å²) in [6.45, 7) is 3.08. The van der Waals surface area contributed by atoms with E-state index in [4.69, 9.17) is 9.47 Å². The van der Waals surface area contributed by atoms with Crippen molar-refractivity contribution < 1.29 is 36.3 Å². The fourth-order valence-electron chi connectivity index (χ4n) is 3.23. The van der Waals surface area contributed by atoms with Crippen LogP contribution in [0.25, 0.3) is 0 Å². The fourth-order valence-corrected chi connectivity index (χ4v) is 4.16. The molecule has 0 spiro atoms. The van der Waals surface area contributed by atoms with Crippen molar-refractivity contribution in [3.8, 4) is 0 Å². The smallest absolute Gasteiger partial charge is 0.341 e. The molecule has 12 heteroatoms. The number of ether oxygens (including phenoxy) is 2. The van der Waals surface area contributed by atoms with E-state index in [1.807, 2.05) is 4.90 Å². The molecule has 34 heavy (non-hydrogen) atoms. The van der Waals surface area contributed by atoms with Gasteiger partial charge in [-0.2, -0.15) is 0 Å². The Balaban J connectivity index is 1.86. The van der Waals surface area contributed by atoms with E-state index in [0.29, 0.717) is 38.1 Å². The summed E-state index contributed by atoms with van der Waals surface area (Å²) in [5.74, 6) is -3.57. The number of anilines is 2. The lowest BCUT2D eigenvalue weighted by Crippen LogP contribution is -2.37. The molecule has 3 rings (SSSR count). The summed E-state index contributed by atoms with van der Waals surface area (Å²) in [4.78, 5) is 27.2. The van der Waals surface area contributed by atoms with Gasteiger partial charge in [0.15, 0.2) is 6.10 Å². The van der Waals surface area contributed by atoms with Crippen molar-refractivity contribution in [3.05, 3.63) is 53.6 Å². The molecule has 0 aliphatic carbocycles. The minimum Gasteiger partial charge on any atom is -0.449 e. The number of esters is 1. The molecule has 1 unspecified atom stereocenters. The van der Waals surface area contributed by atoms with E-state index in [1.54, 1.807) is 0 Å². The van der Waals surface area contributed by atoms with E-state index < -0.39 is 39.6 Å². The summed E-state index contributed by atoms with van der Waals surface area (Å²) in [6, 6.07) is 6.73. The monoisotopic (exact) mass is 497 g/mol. The Bertz CT molecular complexity index is 1180. The van der Waals surface area contributed by atoms with Crippen LogP contribution in [0, 0.1) is 11.6 Å². The Labute approximate surface area is 196 Å². The first-order chi connectivity index (χ1) is 16.0. The van der Waals surface area contributed by atoms with Crippen molar-refractivity contribution in [2.45, 2.75) is 17.9 Å². The molecule has 1 aliphatic heterocycles. The number of carbonyl (C=O) groups is 2. The molecule has 1 heterocycles. The molecule has 1 atom stereocenters. The molecule has 1 fully saturated rings.